The standard InChI is InChI=1S/C15H15N3O3/c1-3-21-15(20)11-5-4-6-12(7-11)18-14(19)13-9-16-10(2)8-17-13/h4-9H,3H2,1-2H3,(H,18,19). The Hall–Kier alpha value is -2.76. The first-order valence-electron chi connectivity index (χ1n) is 6.47. The lowest BCUT2D eigenvalue weighted by Gasteiger charge is -2.07. The Bertz CT molecular complexity index is 653. The molecule has 0 fully saturated rings. The fraction of sp³-hybridized carbons (Fsp3) is 0.200. The molecule has 1 aromatic carbocycles. The second-order valence-corrected chi connectivity index (χ2v) is 4.30. The van der Waals surface area contributed by atoms with E-state index in [1.54, 1.807) is 38.1 Å². The number of aromatic nitrogens is 2. The monoisotopic (exact) mass is 285 g/mol. The van der Waals surface area contributed by atoms with Gasteiger partial charge in [0.15, 0.2) is 0 Å². The summed E-state index contributed by atoms with van der Waals surface area (Å²) < 4.78 is 4.91. The zero-order valence-electron chi connectivity index (χ0n) is 11.8. The maximum absolute atomic E-state index is 12.0. The first kappa shape index (κ1) is 14.6. The minimum Gasteiger partial charge on any atom is -0.462 e. The molecule has 1 N–H and O–H groups in total. The van der Waals surface area contributed by atoms with Gasteiger partial charge in [0.25, 0.3) is 5.91 Å². The molecule has 6 heteroatoms. The van der Waals surface area contributed by atoms with E-state index < -0.39 is 5.97 Å². The fourth-order valence-corrected chi connectivity index (χ4v) is 1.64. The minimum absolute atomic E-state index is 0.210. The van der Waals surface area contributed by atoms with Crippen molar-refractivity contribution in [3.63, 3.8) is 0 Å². The lowest BCUT2D eigenvalue weighted by atomic mass is 10.2. The zero-order chi connectivity index (χ0) is 15.2. The highest BCUT2D eigenvalue weighted by molar-refractivity contribution is 6.03. The first-order chi connectivity index (χ1) is 10.1. The van der Waals surface area contributed by atoms with Crippen LogP contribution < -0.4 is 5.32 Å². The van der Waals surface area contributed by atoms with E-state index in [1.165, 1.54) is 12.4 Å². The summed E-state index contributed by atoms with van der Waals surface area (Å²) in [5.41, 5.74) is 1.82. The molecular formula is C15H15N3O3. The van der Waals surface area contributed by atoms with E-state index in [9.17, 15) is 9.59 Å². The number of benzene rings is 1. The summed E-state index contributed by atoms with van der Waals surface area (Å²) >= 11 is 0. The van der Waals surface area contributed by atoms with E-state index >= 15 is 0 Å². The first-order valence-corrected chi connectivity index (χ1v) is 6.47. The van der Waals surface area contributed by atoms with Crippen molar-refractivity contribution in [1.29, 1.82) is 0 Å². The van der Waals surface area contributed by atoms with Crippen molar-refractivity contribution in [3.05, 3.63) is 53.6 Å². The Morgan fingerprint density at radius 2 is 2.05 bits per heavy atom. The smallest absolute Gasteiger partial charge is 0.338 e. The van der Waals surface area contributed by atoms with Crippen LogP contribution in [-0.2, 0) is 4.74 Å². The lowest BCUT2D eigenvalue weighted by molar-refractivity contribution is 0.0526. The van der Waals surface area contributed by atoms with Crippen LogP contribution in [0.15, 0.2) is 36.7 Å². The molecule has 2 aromatic rings. The van der Waals surface area contributed by atoms with Gasteiger partial charge in [-0.3, -0.25) is 9.78 Å². The van der Waals surface area contributed by atoms with Gasteiger partial charge in [0, 0.05) is 11.9 Å². The number of rotatable bonds is 4. The minimum atomic E-state index is -0.427. The topological polar surface area (TPSA) is 81.2 Å². The normalized spacial score (nSPS) is 10.0. The number of aryl methyl sites for hydroxylation is 1. The van der Waals surface area contributed by atoms with Crippen LogP contribution >= 0.6 is 0 Å². The van der Waals surface area contributed by atoms with Crippen LogP contribution in [0.5, 0.6) is 0 Å². The third kappa shape index (κ3) is 3.85. The van der Waals surface area contributed by atoms with Crippen LogP contribution in [0.2, 0.25) is 0 Å². The van der Waals surface area contributed by atoms with Crippen LogP contribution in [0, 0.1) is 6.92 Å². The molecule has 0 unspecified atom stereocenters. The van der Waals surface area contributed by atoms with Gasteiger partial charge in [0.2, 0.25) is 0 Å². The van der Waals surface area contributed by atoms with Crippen LogP contribution in [0.25, 0.3) is 0 Å². The van der Waals surface area contributed by atoms with E-state index in [4.69, 9.17) is 4.74 Å². The fourth-order valence-electron chi connectivity index (χ4n) is 1.64. The highest BCUT2D eigenvalue weighted by atomic mass is 16.5. The Balaban J connectivity index is 2.12. The van der Waals surface area contributed by atoms with Gasteiger partial charge in [-0.15, -0.1) is 0 Å². The van der Waals surface area contributed by atoms with Gasteiger partial charge in [-0.25, -0.2) is 9.78 Å². The molecule has 21 heavy (non-hydrogen) atoms. The Kier molecular flexibility index (Phi) is 4.61. The molecule has 108 valence electrons. The van der Waals surface area contributed by atoms with E-state index in [2.05, 4.69) is 15.3 Å². The number of hydrogen-bond acceptors (Lipinski definition) is 5. The van der Waals surface area contributed by atoms with Crippen molar-refractivity contribution >= 4 is 17.6 Å². The Morgan fingerprint density at radius 1 is 1.24 bits per heavy atom. The second kappa shape index (κ2) is 6.60. The molecule has 1 aromatic heterocycles. The number of carbonyl (C=O) groups excluding carboxylic acids is 2. The number of nitrogens with zero attached hydrogens (tertiary/aromatic N) is 2. The predicted molar refractivity (Wildman–Crippen MR) is 77.1 cm³/mol. The zero-order valence-corrected chi connectivity index (χ0v) is 11.8. The summed E-state index contributed by atoms with van der Waals surface area (Å²) in [5, 5.41) is 2.67. The highest BCUT2D eigenvalue weighted by Gasteiger charge is 2.10. The molecule has 0 aliphatic heterocycles. The number of ether oxygens (including phenoxy) is 1. The quantitative estimate of drug-likeness (QED) is 0.871. The Labute approximate surface area is 122 Å². The van der Waals surface area contributed by atoms with Gasteiger partial charge in [-0.2, -0.15) is 0 Å². The van der Waals surface area contributed by atoms with Crippen LogP contribution in [0.4, 0.5) is 5.69 Å². The average molecular weight is 285 g/mol. The van der Waals surface area contributed by atoms with Crippen molar-refractivity contribution in [2.24, 2.45) is 0 Å². The molecule has 0 saturated carbocycles. The van der Waals surface area contributed by atoms with Crippen LogP contribution in [-0.4, -0.2) is 28.5 Å². The number of hydrogen-bond donors (Lipinski definition) is 1. The van der Waals surface area contributed by atoms with Crippen molar-refractivity contribution in [1.82, 2.24) is 9.97 Å². The lowest BCUT2D eigenvalue weighted by Crippen LogP contribution is -2.14. The van der Waals surface area contributed by atoms with E-state index in [1.807, 2.05) is 0 Å². The molecule has 0 aliphatic carbocycles. The van der Waals surface area contributed by atoms with Gasteiger partial charge in [0.1, 0.15) is 5.69 Å². The number of anilines is 1. The summed E-state index contributed by atoms with van der Waals surface area (Å²) in [6.45, 7) is 3.82. The molecule has 0 saturated heterocycles. The van der Waals surface area contributed by atoms with Gasteiger partial charge < -0.3 is 10.1 Å². The van der Waals surface area contributed by atoms with Crippen LogP contribution in [0.1, 0.15) is 33.5 Å². The van der Waals surface area contributed by atoms with Gasteiger partial charge in [-0.1, -0.05) is 6.07 Å². The predicted octanol–water partition coefficient (Wildman–Crippen LogP) is 2.21. The van der Waals surface area contributed by atoms with Crippen molar-refractivity contribution in [2.75, 3.05) is 11.9 Å². The highest BCUT2D eigenvalue weighted by Crippen LogP contribution is 2.12. The Morgan fingerprint density at radius 3 is 2.71 bits per heavy atom. The maximum atomic E-state index is 12.0. The molecular weight excluding hydrogens is 270 g/mol. The van der Waals surface area contributed by atoms with Crippen molar-refractivity contribution in [2.45, 2.75) is 13.8 Å². The molecule has 6 nitrogen and oxygen atoms in total. The third-order valence-corrected chi connectivity index (χ3v) is 2.65. The van der Waals surface area contributed by atoms with E-state index in [0.717, 1.165) is 5.69 Å². The number of esters is 1. The molecule has 1 amide bonds. The largest absolute Gasteiger partial charge is 0.462 e. The van der Waals surface area contributed by atoms with E-state index in [0.29, 0.717) is 17.9 Å². The van der Waals surface area contributed by atoms with Gasteiger partial charge in [0.05, 0.1) is 24.1 Å². The van der Waals surface area contributed by atoms with Crippen LogP contribution in [0.3, 0.4) is 0 Å². The molecule has 0 atom stereocenters. The summed E-state index contributed by atoms with van der Waals surface area (Å²) in [4.78, 5) is 31.6. The molecule has 0 bridgehead atoms. The second-order valence-electron chi connectivity index (χ2n) is 4.30. The molecule has 0 radical (unpaired) electrons. The number of amides is 1. The molecule has 0 spiro atoms. The summed E-state index contributed by atoms with van der Waals surface area (Å²) in [6.07, 6.45) is 2.92. The summed E-state index contributed by atoms with van der Waals surface area (Å²) in [6, 6.07) is 6.53. The number of carbonyl (C=O) groups is 2. The maximum Gasteiger partial charge on any atom is 0.338 e. The van der Waals surface area contributed by atoms with Crippen molar-refractivity contribution in [3.8, 4) is 0 Å². The number of nitrogens with one attached hydrogen (secondary N) is 1. The molecule has 0 aliphatic rings. The third-order valence-electron chi connectivity index (χ3n) is 2.65. The SMILES string of the molecule is CCOC(=O)c1cccc(NC(=O)c2cnc(C)cn2)c1. The summed E-state index contributed by atoms with van der Waals surface area (Å²) in [7, 11) is 0. The summed E-state index contributed by atoms with van der Waals surface area (Å²) in [5.74, 6) is -0.813. The van der Waals surface area contributed by atoms with E-state index in [-0.39, 0.29) is 11.6 Å². The average Bonchev–Trinajstić information content (AvgIpc) is 2.48. The van der Waals surface area contributed by atoms with Crippen molar-refractivity contribution < 1.29 is 14.3 Å². The molecule has 2 rings (SSSR count). The van der Waals surface area contributed by atoms with Gasteiger partial charge in [-0.05, 0) is 32.0 Å². The van der Waals surface area contributed by atoms with Gasteiger partial charge >= 0.3 is 5.97 Å². The molecule has 1 heterocycles.